The number of nitrogens with one attached hydrogen (secondary N) is 1. The molecule has 1 aromatic carbocycles. The molecule has 1 unspecified atom stereocenters. The van der Waals surface area contributed by atoms with Crippen molar-refractivity contribution in [1.82, 2.24) is 4.98 Å². The maximum atomic E-state index is 5.31. The molecule has 0 amide bonds. The van der Waals surface area contributed by atoms with Crippen molar-refractivity contribution in [3.8, 4) is 10.6 Å². The Morgan fingerprint density at radius 1 is 1.47 bits per heavy atom. The molecule has 1 aliphatic rings. The Balaban J connectivity index is 1.75. The molecule has 1 fully saturated rings. The number of nitrogens with zero attached hydrogens (tertiary/aromatic N) is 1. The predicted molar refractivity (Wildman–Crippen MR) is 79.6 cm³/mol. The van der Waals surface area contributed by atoms with E-state index < -0.39 is 0 Å². The second kappa shape index (κ2) is 5.72. The van der Waals surface area contributed by atoms with Crippen molar-refractivity contribution < 1.29 is 4.74 Å². The quantitative estimate of drug-likeness (QED) is 0.873. The molecule has 0 aliphatic heterocycles. The molecule has 19 heavy (non-hydrogen) atoms. The summed E-state index contributed by atoms with van der Waals surface area (Å²) in [5, 5.41) is 6.67. The van der Waals surface area contributed by atoms with Gasteiger partial charge in [-0.15, -0.1) is 11.3 Å². The predicted octanol–water partition coefficient (Wildman–Crippen LogP) is 3.65. The van der Waals surface area contributed by atoms with E-state index in [1.165, 1.54) is 18.4 Å². The molecule has 3 nitrogen and oxygen atoms in total. The average molecular weight is 274 g/mol. The first kappa shape index (κ1) is 12.6. The zero-order chi connectivity index (χ0) is 13.1. The van der Waals surface area contributed by atoms with Gasteiger partial charge in [0.25, 0.3) is 0 Å². The molecule has 100 valence electrons. The highest BCUT2D eigenvalue weighted by atomic mass is 32.1. The van der Waals surface area contributed by atoms with Crippen molar-refractivity contribution in [2.24, 2.45) is 5.92 Å². The molecule has 1 N–H and O–H groups in total. The fourth-order valence-corrected chi connectivity index (χ4v) is 2.93. The highest BCUT2D eigenvalue weighted by Crippen LogP contribution is 2.35. The molecule has 1 heterocycles. The van der Waals surface area contributed by atoms with Crippen LogP contribution in [-0.4, -0.2) is 24.7 Å². The molecule has 1 saturated carbocycles. The Morgan fingerprint density at radius 2 is 2.37 bits per heavy atom. The van der Waals surface area contributed by atoms with Gasteiger partial charge >= 0.3 is 0 Å². The van der Waals surface area contributed by atoms with Gasteiger partial charge in [-0.3, -0.25) is 0 Å². The van der Waals surface area contributed by atoms with Crippen LogP contribution in [0.25, 0.3) is 10.6 Å². The number of rotatable bonds is 6. The van der Waals surface area contributed by atoms with Gasteiger partial charge in [-0.1, -0.05) is 12.1 Å². The van der Waals surface area contributed by atoms with E-state index in [1.54, 1.807) is 18.4 Å². The van der Waals surface area contributed by atoms with Crippen molar-refractivity contribution >= 4 is 17.0 Å². The maximum absolute atomic E-state index is 5.31. The number of methoxy groups -OCH3 is 1. The fraction of sp³-hybridized carbons (Fsp3) is 0.400. The summed E-state index contributed by atoms with van der Waals surface area (Å²) in [4.78, 5) is 4.36. The third-order valence-electron chi connectivity index (χ3n) is 3.43. The van der Waals surface area contributed by atoms with Crippen LogP contribution in [0.3, 0.4) is 0 Å². The van der Waals surface area contributed by atoms with Crippen LogP contribution in [0.5, 0.6) is 0 Å². The molecule has 3 rings (SSSR count). The largest absolute Gasteiger partial charge is 0.383 e. The zero-order valence-corrected chi connectivity index (χ0v) is 11.8. The number of hydrogen-bond donors (Lipinski definition) is 1. The van der Waals surface area contributed by atoms with E-state index in [2.05, 4.69) is 34.6 Å². The molecule has 0 saturated heterocycles. The lowest BCUT2D eigenvalue weighted by Crippen LogP contribution is -2.27. The Labute approximate surface area is 117 Å². The zero-order valence-electron chi connectivity index (χ0n) is 11.0. The number of thiazole rings is 1. The van der Waals surface area contributed by atoms with Crippen LogP contribution in [0.1, 0.15) is 12.8 Å². The molecule has 2 aromatic rings. The van der Waals surface area contributed by atoms with Crippen molar-refractivity contribution in [3.05, 3.63) is 35.8 Å². The van der Waals surface area contributed by atoms with Crippen molar-refractivity contribution in [2.45, 2.75) is 18.9 Å². The first-order chi connectivity index (χ1) is 9.36. The van der Waals surface area contributed by atoms with Crippen LogP contribution in [0, 0.1) is 5.92 Å². The van der Waals surface area contributed by atoms with Crippen LogP contribution in [0.15, 0.2) is 35.8 Å². The standard InChI is InChI=1S/C15H18N2OS/c1-18-10-14(11-5-6-11)17-13-4-2-3-12(9-13)15-16-7-8-19-15/h2-4,7-9,11,14,17H,5-6,10H2,1H3. The highest BCUT2D eigenvalue weighted by molar-refractivity contribution is 7.13. The number of benzene rings is 1. The number of aromatic nitrogens is 1. The van der Waals surface area contributed by atoms with Gasteiger partial charge in [0.1, 0.15) is 5.01 Å². The Morgan fingerprint density at radius 3 is 3.05 bits per heavy atom. The number of hydrogen-bond acceptors (Lipinski definition) is 4. The van der Waals surface area contributed by atoms with E-state index in [0.717, 1.165) is 23.2 Å². The lowest BCUT2D eigenvalue weighted by molar-refractivity contribution is 0.179. The molecular weight excluding hydrogens is 256 g/mol. The molecule has 0 bridgehead atoms. The molecular formula is C15H18N2OS. The van der Waals surface area contributed by atoms with Gasteiger partial charge in [-0.25, -0.2) is 4.98 Å². The van der Waals surface area contributed by atoms with E-state index in [-0.39, 0.29) is 0 Å². The molecule has 0 radical (unpaired) electrons. The SMILES string of the molecule is COCC(Nc1cccc(-c2nccs2)c1)C1CC1. The molecule has 4 heteroatoms. The van der Waals surface area contributed by atoms with E-state index in [0.29, 0.717) is 6.04 Å². The molecule has 1 aromatic heterocycles. The van der Waals surface area contributed by atoms with Crippen molar-refractivity contribution in [1.29, 1.82) is 0 Å². The van der Waals surface area contributed by atoms with Crippen LogP contribution >= 0.6 is 11.3 Å². The van der Waals surface area contributed by atoms with Crippen LogP contribution < -0.4 is 5.32 Å². The van der Waals surface area contributed by atoms with Crippen molar-refractivity contribution in [3.63, 3.8) is 0 Å². The minimum Gasteiger partial charge on any atom is -0.383 e. The van der Waals surface area contributed by atoms with E-state index >= 15 is 0 Å². The van der Waals surface area contributed by atoms with Gasteiger partial charge in [0, 0.05) is 29.9 Å². The number of ether oxygens (including phenoxy) is 1. The third kappa shape index (κ3) is 3.14. The van der Waals surface area contributed by atoms with Gasteiger partial charge in [0.05, 0.1) is 12.6 Å². The van der Waals surface area contributed by atoms with Crippen molar-refractivity contribution in [2.75, 3.05) is 19.0 Å². The average Bonchev–Trinajstić information content (AvgIpc) is 3.13. The summed E-state index contributed by atoms with van der Waals surface area (Å²) >= 11 is 1.67. The first-order valence-electron chi connectivity index (χ1n) is 6.62. The summed E-state index contributed by atoms with van der Waals surface area (Å²) in [5.41, 5.74) is 2.33. The second-order valence-electron chi connectivity index (χ2n) is 4.96. The normalized spacial score (nSPS) is 16.3. The Hall–Kier alpha value is -1.39. The summed E-state index contributed by atoms with van der Waals surface area (Å²) in [6.07, 6.45) is 4.47. The molecule has 0 spiro atoms. The van der Waals surface area contributed by atoms with Gasteiger partial charge in [0.15, 0.2) is 0 Å². The topological polar surface area (TPSA) is 34.1 Å². The summed E-state index contributed by atoms with van der Waals surface area (Å²) in [5.74, 6) is 0.767. The van der Waals surface area contributed by atoms with E-state index in [1.807, 2.05) is 11.6 Å². The monoisotopic (exact) mass is 274 g/mol. The molecule has 1 atom stereocenters. The summed E-state index contributed by atoms with van der Waals surface area (Å²) in [6.45, 7) is 0.770. The smallest absolute Gasteiger partial charge is 0.123 e. The Kier molecular flexibility index (Phi) is 3.80. The fourth-order valence-electron chi connectivity index (χ4n) is 2.30. The van der Waals surface area contributed by atoms with Gasteiger partial charge in [0.2, 0.25) is 0 Å². The van der Waals surface area contributed by atoms with Gasteiger partial charge < -0.3 is 10.1 Å². The van der Waals surface area contributed by atoms with E-state index in [9.17, 15) is 0 Å². The lowest BCUT2D eigenvalue weighted by atomic mass is 10.1. The van der Waals surface area contributed by atoms with Crippen LogP contribution in [0.4, 0.5) is 5.69 Å². The second-order valence-corrected chi connectivity index (χ2v) is 5.86. The summed E-state index contributed by atoms with van der Waals surface area (Å²) in [6, 6.07) is 8.89. The molecule has 1 aliphatic carbocycles. The van der Waals surface area contributed by atoms with Crippen LogP contribution in [-0.2, 0) is 4.74 Å². The summed E-state index contributed by atoms with van der Waals surface area (Å²) < 4.78 is 5.31. The summed E-state index contributed by atoms with van der Waals surface area (Å²) in [7, 11) is 1.77. The third-order valence-corrected chi connectivity index (χ3v) is 4.25. The van der Waals surface area contributed by atoms with Gasteiger partial charge in [-0.05, 0) is 30.9 Å². The lowest BCUT2D eigenvalue weighted by Gasteiger charge is -2.19. The van der Waals surface area contributed by atoms with Gasteiger partial charge in [-0.2, -0.15) is 0 Å². The van der Waals surface area contributed by atoms with Crippen LogP contribution in [0.2, 0.25) is 0 Å². The van der Waals surface area contributed by atoms with E-state index in [4.69, 9.17) is 4.74 Å². The highest BCUT2D eigenvalue weighted by Gasteiger charge is 2.31. The minimum atomic E-state index is 0.427. The number of anilines is 1. The first-order valence-corrected chi connectivity index (χ1v) is 7.50. The maximum Gasteiger partial charge on any atom is 0.123 e. The Bertz CT molecular complexity index is 523. The minimum absolute atomic E-state index is 0.427.